The number of rotatable bonds is 6. The van der Waals surface area contributed by atoms with Crippen molar-refractivity contribution in [2.45, 2.75) is 26.8 Å². The van der Waals surface area contributed by atoms with E-state index in [0.29, 0.717) is 24.2 Å². The van der Waals surface area contributed by atoms with Crippen molar-refractivity contribution in [3.05, 3.63) is 52.4 Å². The van der Waals surface area contributed by atoms with Gasteiger partial charge in [-0.25, -0.2) is 9.67 Å². The second-order valence-corrected chi connectivity index (χ2v) is 6.81. The van der Waals surface area contributed by atoms with E-state index >= 15 is 0 Å². The number of hydrogen-bond acceptors (Lipinski definition) is 6. The third-order valence-corrected chi connectivity index (χ3v) is 4.87. The van der Waals surface area contributed by atoms with Crippen molar-refractivity contribution in [3.63, 3.8) is 0 Å². The van der Waals surface area contributed by atoms with Crippen molar-refractivity contribution >= 4 is 17.0 Å². The zero-order chi connectivity index (χ0) is 20.1. The molecule has 3 aromatic rings. The minimum absolute atomic E-state index is 0.0806. The van der Waals surface area contributed by atoms with E-state index in [1.807, 2.05) is 34.9 Å². The molecule has 0 radical (unpaired) electrons. The summed E-state index contributed by atoms with van der Waals surface area (Å²) in [5.41, 5.74) is 1.92. The quantitative estimate of drug-likeness (QED) is 0.636. The van der Waals surface area contributed by atoms with E-state index in [1.165, 1.54) is 4.68 Å². The summed E-state index contributed by atoms with van der Waals surface area (Å²) < 4.78 is 8.94. The first-order valence-corrected chi connectivity index (χ1v) is 9.71. The maximum atomic E-state index is 13.1. The summed E-state index contributed by atoms with van der Waals surface area (Å²) in [5, 5.41) is 7.59. The standard InChI is InChI=1S/C21H24N6O2/c1-2-3-11-26-19-18(24-21(26)25-12-9-22-10-13-25)14-23-27(20(19)28)16-29-15-17-7-5-4-6-8-17/h4-8,14,22H,9-13,15-16H2,1H3. The Morgan fingerprint density at radius 1 is 1.21 bits per heavy atom. The summed E-state index contributed by atoms with van der Waals surface area (Å²) in [6, 6.07) is 9.84. The van der Waals surface area contributed by atoms with E-state index in [-0.39, 0.29) is 12.3 Å². The maximum Gasteiger partial charge on any atom is 0.295 e. The molecule has 4 rings (SSSR count). The smallest absolute Gasteiger partial charge is 0.295 e. The minimum Gasteiger partial charge on any atom is -0.354 e. The molecule has 0 spiro atoms. The maximum absolute atomic E-state index is 13.1. The van der Waals surface area contributed by atoms with E-state index in [0.717, 1.165) is 37.7 Å². The Kier molecular flexibility index (Phi) is 5.89. The molecule has 0 atom stereocenters. The van der Waals surface area contributed by atoms with Crippen molar-refractivity contribution in [2.75, 3.05) is 31.1 Å². The molecule has 1 saturated heterocycles. The van der Waals surface area contributed by atoms with Crippen LogP contribution in [0.1, 0.15) is 12.5 Å². The molecule has 0 saturated carbocycles. The van der Waals surface area contributed by atoms with Crippen LogP contribution in [-0.2, 0) is 24.6 Å². The fourth-order valence-electron chi connectivity index (χ4n) is 3.40. The first-order chi connectivity index (χ1) is 14.3. The number of piperazine rings is 1. The molecule has 1 aromatic carbocycles. The molecule has 8 nitrogen and oxygen atoms in total. The highest BCUT2D eigenvalue weighted by Gasteiger charge is 2.21. The third kappa shape index (κ3) is 4.16. The van der Waals surface area contributed by atoms with Crippen LogP contribution in [0.5, 0.6) is 0 Å². The first kappa shape index (κ1) is 19.2. The summed E-state index contributed by atoms with van der Waals surface area (Å²) in [4.78, 5) is 20.0. The van der Waals surface area contributed by atoms with Crippen molar-refractivity contribution in [1.82, 2.24) is 24.6 Å². The highest BCUT2D eigenvalue weighted by molar-refractivity contribution is 5.77. The Hall–Kier alpha value is -3.15. The second kappa shape index (κ2) is 8.90. The van der Waals surface area contributed by atoms with Crippen LogP contribution in [0.15, 0.2) is 41.3 Å². The van der Waals surface area contributed by atoms with Crippen LogP contribution in [0.25, 0.3) is 11.0 Å². The van der Waals surface area contributed by atoms with E-state index in [1.54, 1.807) is 13.1 Å². The van der Waals surface area contributed by atoms with Crippen LogP contribution in [-0.4, -0.2) is 45.5 Å². The minimum atomic E-state index is -0.220. The number of anilines is 1. The molecule has 29 heavy (non-hydrogen) atoms. The summed E-state index contributed by atoms with van der Waals surface area (Å²) in [6.45, 7) is 6.15. The predicted octanol–water partition coefficient (Wildman–Crippen LogP) is 1.20. The van der Waals surface area contributed by atoms with E-state index < -0.39 is 0 Å². The van der Waals surface area contributed by atoms with Crippen LogP contribution in [0, 0.1) is 11.8 Å². The SMILES string of the molecule is CC#CCn1c(N2CCNCC2)nc2cnn(COCc3ccccc3)c(=O)c21. The zero-order valence-corrected chi connectivity index (χ0v) is 16.5. The number of imidazole rings is 1. The van der Waals surface area contributed by atoms with E-state index in [4.69, 9.17) is 9.72 Å². The second-order valence-electron chi connectivity index (χ2n) is 6.81. The average molecular weight is 392 g/mol. The van der Waals surface area contributed by atoms with Gasteiger partial charge in [0.25, 0.3) is 5.56 Å². The highest BCUT2D eigenvalue weighted by atomic mass is 16.5. The molecule has 1 aliphatic heterocycles. The lowest BCUT2D eigenvalue weighted by molar-refractivity contribution is 0.0532. The largest absolute Gasteiger partial charge is 0.354 e. The third-order valence-electron chi connectivity index (χ3n) is 4.87. The highest BCUT2D eigenvalue weighted by Crippen LogP contribution is 2.20. The monoisotopic (exact) mass is 392 g/mol. The van der Waals surface area contributed by atoms with Gasteiger partial charge in [0.05, 0.1) is 19.3 Å². The van der Waals surface area contributed by atoms with Gasteiger partial charge in [0, 0.05) is 26.2 Å². The number of hydrogen-bond donors (Lipinski definition) is 1. The Balaban J connectivity index is 1.64. The van der Waals surface area contributed by atoms with Crippen molar-refractivity contribution in [1.29, 1.82) is 0 Å². The van der Waals surface area contributed by atoms with Gasteiger partial charge in [0.1, 0.15) is 17.8 Å². The van der Waals surface area contributed by atoms with Crippen LogP contribution in [0.4, 0.5) is 5.95 Å². The molecular weight excluding hydrogens is 368 g/mol. The molecule has 2 aromatic heterocycles. The summed E-state index contributed by atoms with van der Waals surface area (Å²) in [6.07, 6.45) is 1.63. The van der Waals surface area contributed by atoms with Gasteiger partial charge in [-0.3, -0.25) is 9.36 Å². The molecule has 8 heteroatoms. The summed E-state index contributed by atoms with van der Waals surface area (Å²) >= 11 is 0. The summed E-state index contributed by atoms with van der Waals surface area (Å²) in [5.74, 6) is 6.74. The number of nitrogens with one attached hydrogen (secondary N) is 1. The van der Waals surface area contributed by atoms with Crippen LogP contribution < -0.4 is 15.8 Å². The van der Waals surface area contributed by atoms with E-state index in [9.17, 15) is 4.79 Å². The normalized spacial score (nSPS) is 14.0. The number of benzene rings is 1. The van der Waals surface area contributed by atoms with Crippen molar-refractivity contribution in [3.8, 4) is 11.8 Å². The average Bonchev–Trinajstić information content (AvgIpc) is 3.14. The number of nitrogens with zero attached hydrogens (tertiary/aromatic N) is 5. The van der Waals surface area contributed by atoms with Gasteiger partial charge in [-0.2, -0.15) is 5.10 Å². The molecular formula is C21H24N6O2. The Morgan fingerprint density at radius 3 is 2.76 bits per heavy atom. The number of fused-ring (bicyclic) bond motifs is 1. The van der Waals surface area contributed by atoms with Crippen LogP contribution >= 0.6 is 0 Å². The molecule has 3 heterocycles. The molecule has 0 bridgehead atoms. The lowest BCUT2D eigenvalue weighted by atomic mass is 10.2. The van der Waals surface area contributed by atoms with Crippen molar-refractivity contribution in [2.24, 2.45) is 0 Å². The van der Waals surface area contributed by atoms with Crippen LogP contribution in [0.2, 0.25) is 0 Å². The first-order valence-electron chi connectivity index (χ1n) is 9.71. The lowest BCUT2D eigenvalue weighted by Gasteiger charge is -2.28. The molecule has 150 valence electrons. The zero-order valence-electron chi connectivity index (χ0n) is 16.5. The molecule has 1 aliphatic rings. The fraction of sp³-hybridized carbons (Fsp3) is 0.381. The Morgan fingerprint density at radius 2 is 2.00 bits per heavy atom. The Bertz CT molecular complexity index is 1090. The number of aromatic nitrogens is 4. The van der Waals surface area contributed by atoms with Gasteiger partial charge in [-0.15, -0.1) is 5.92 Å². The van der Waals surface area contributed by atoms with Gasteiger partial charge in [0.15, 0.2) is 0 Å². The lowest BCUT2D eigenvalue weighted by Crippen LogP contribution is -2.44. The Labute approximate surface area is 169 Å². The van der Waals surface area contributed by atoms with Gasteiger partial charge >= 0.3 is 0 Å². The van der Waals surface area contributed by atoms with Gasteiger partial charge in [0.2, 0.25) is 5.95 Å². The van der Waals surface area contributed by atoms with Gasteiger partial charge in [-0.1, -0.05) is 36.3 Å². The number of ether oxygens (including phenoxy) is 1. The molecule has 1 fully saturated rings. The van der Waals surface area contributed by atoms with E-state index in [2.05, 4.69) is 27.2 Å². The topological polar surface area (TPSA) is 77.2 Å². The molecule has 0 aliphatic carbocycles. The van der Waals surface area contributed by atoms with Gasteiger partial charge in [-0.05, 0) is 12.5 Å². The predicted molar refractivity (Wildman–Crippen MR) is 112 cm³/mol. The van der Waals surface area contributed by atoms with Gasteiger partial charge < -0.3 is 15.0 Å². The van der Waals surface area contributed by atoms with Crippen molar-refractivity contribution < 1.29 is 4.74 Å². The summed E-state index contributed by atoms with van der Waals surface area (Å²) in [7, 11) is 0. The molecule has 0 unspecified atom stereocenters. The van der Waals surface area contributed by atoms with Crippen LogP contribution in [0.3, 0.4) is 0 Å². The molecule has 0 amide bonds. The molecule has 1 N–H and O–H groups in total. The fourth-order valence-corrected chi connectivity index (χ4v) is 3.40.